The molecule has 0 fully saturated rings. The number of halogens is 2. The standard InChI is InChI=1S/C16H11Cl2NO3/c1-9(20)10-3-5-14-15(6-10)22-16(21)19(14)8-11-2-4-12(17)7-13(11)18/h2-7H,8H2,1H3. The summed E-state index contributed by atoms with van der Waals surface area (Å²) in [4.78, 5) is 23.4. The molecule has 1 aromatic heterocycles. The van der Waals surface area contributed by atoms with E-state index >= 15 is 0 Å². The number of fused-ring (bicyclic) bond motifs is 1. The summed E-state index contributed by atoms with van der Waals surface area (Å²) >= 11 is 12.0. The van der Waals surface area contributed by atoms with Gasteiger partial charge in [-0.15, -0.1) is 0 Å². The molecule has 0 bridgehead atoms. The predicted octanol–water partition coefficient (Wildman–Crippen LogP) is 4.15. The summed E-state index contributed by atoms with van der Waals surface area (Å²) in [6, 6.07) is 10.0. The van der Waals surface area contributed by atoms with Gasteiger partial charge >= 0.3 is 5.76 Å². The van der Waals surface area contributed by atoms with Crippen molar-refractivity contribution in [3.05, 3.63) is 68.1 Å². The number of carbonyl (C=O) groups is 1. The molecule has 0 atom stereocenters. The number of rotatable bonds is 3. The monoisotopic (exact) mass is 335 g/mol. The van der Waals surface area contributed by atoms with E-state index in [1.165, 1.54) is 11.5 Å². The number of Topliss-reactive ketones (excluding diaryl/α,β-unsaturated/α-hetero) is 1. The molecule has 0 aliphatic rings. The molecule has 0 amide bonds. The van der Waals surface area contributed by atoms with Gasteiger partial charge in [-0.2, -0.15) is 0 Å². The van der Waals surface area contributed by atoms with Crippen LogP contribution in [0.4, 0.5) is 0 Å². The van der Waals surface area contributed by atoms with Crippen LogP contribution in [0.25, 0.3) is 11.1 Å². The van der Waals surface area contributed by atoms with Crippen molar-refractivity contribution in [2.45, 2.75) is 13.5 Å². The topological polar surface area (TPSA) is 52.2 Å². The van der Waals surface area contributed by atoms with Gasteiger partial charge in [0.15, 0.2) is 11.4 Å². The molecule has 0 N–H and O–H groups in total. The fraction of sp³-hybridized carbons (Fsp3) is 0.125. The van der Waals surface area contributed by atoms with Crippen LogP contribution in [0.15, 0.2) is 45.6 Å². The van der Waals surface area contributed by atoms with Gasteiger partial charge in [0, 0.05) is 15.6 Å². The van der Waals surface area contributed by atoms with Crippen molar-refractivity contribution in [3.8, 4) is 0 Å². The van der Waals surface area contributed by atoms with Crippen LogP contribution in [0.1, 0.15) is 22.8 Å². The fourth-order valence-corrected chi connectivity index (χ4v) is 2.72. The lowest BCUT2D eigenvalue weighted by Crippen LogP contribution is -2.15. The zero-order valence-corrected chi connectivity index (χ0v) is 13.1. The SMILES string of the molecule is CC(=O)c1ccc2c(c1)oc(=O)n2Cc1ccc(Cl)cc1Cl. The molecule has 22 heavy (non-hydrogen) atoms. The van der Waals surface area contributed by atoms with E-state index in [1.807, 2.05) is 0 Å². The number of carbonyl (C=O) groups excluding carboxylic acids is 1. The molecule has 3 aromatic rings. The molecular formula is C16H11Cl2NO3. The highest BCUT2D eigenvalue weighted by Gasteiger charge is 2.13. The maximum absolute atomic E-state index is 12.0. The average molecular weight is 336 g/mol. The van der Waals surface area contributed by atoms with E-state index in [2.05, 4.69) is 0 Å². The summed E-state index contributed by atoms with van der Waals surface area (Å²) in [5, 5.41) is 1.01. The van der Waals surface area contributed by atoms with E-state index in [0.29, 0.717) is 26.7 Å². The molecule has 0 spiro atoms. The molecule has 0 aliphatic heterocycles. The van der Waals surface area contributed by atoms with Crippen LogP contribution < -0.4 is 5.76 Å². The Balaban J connectivity index is 2.09. The second-order valence-corrected chi connectivity index (χ2v) is 5.77. The van der Waals surface area contributed by atoms with Gasteiger partial charge < -0.3 is 4.42 Å². The first-order valence-electron chi connectivity index (χ1n) is 6.54. The maximum Gasteiger partial charge on any atom is 0.420 e. The summed E-state index contributed by atoms with van der Waals surface area (Å²) in [5.41, 5.74) is 2.24. The Morgan fingerprint density at radius 3 is 2.64 bits per heavy atom. The number of benzene rings is 2. The quantitative estimate of drug-likeness (QED) is 0.675. The molecule has 2 aromatic carbocycles. The zero-order chi connectivity index (χ0) is 15.9. The number of aromatic nitrogens is 1. The first kappa shape index (κ1) is 14.9. The Bertz CT molecular complexity index is 940. The third-order valence-corrected chi connectivity index (χ3v) is 4.01. The van der Waals surface area contributed by atoms with Crippen molar-refractivity contribution in [3.63, 3.8) is 0 Å². The van der Waals surface area contributed by atoms with Crippen LogP contribution in [0.3, 0.4) is 0 Å². The van der Waals surface area contributed by atoms with Gasteiger partial charge in [-0.3, -0.25) is 9.36 Å². The van der Waals surface area contributed by atoms with Gasteiger partial charge in [0.05, 0.1) is 12.1 Å². The van der Waals surface area contributed by atoms with Gasteiger partial charge in [-0.25, -0.2) is 4.79 Å². The number of hydrogen-bond acceptors (Lipinski definition) is 3. The summed E-state index contributed by atoms with van der Waals surface area (Å²) in [6.45, 7) is 1.73. The van der Waals surface area contributed by atoms with E-state index in [0.717, 1.165) is 5.56 Å². The molecule has 0 saturated heterocycles. The molecule has 3 rings (SSSR count). The van der Waals surface area contributed by atoms with Crippen molar-refractivity contribution in [2.24, 2.45) is 0 Å². The average Bonchev–Trinajstić information content (AvgIpc) is 2.77. The smallest absolute Gasteiger partial charge is 0.408 e. The lowest BCUT2D eigenvalue weighted by molar-refractivity contribution is 0.101. The van der Waals surface area contributed by atoms with Crippen LogP contribution in [0.2, 0.25) is 10.0 Å². The lowest BCUT2D eigenvalue weighted by Gasteiger charge is -2.05. The Hall–Kier alpha value is -2.04. The minimum atomic E-state index is -0.498. The largest absolute Gasteiger partial charge is 0.420 e. The normalized spacial score (nSPS) is 11.0. The third kappa shape index (κ3) is 2.67. The number of ketones is 1. The Morgan fingerprint density at radius 1 is 1.18 bits per heavy atom. The van der Waals surface area contributed by atoms with Gasteiger partial charge in [-0.05, 0) is 42.8 Å². The van der Waals surface area contributed by atoms with Gasteiger partial charge in [0.25, 0.3) is 0 Å². The Morgan fingerprint density at radius 2 is 1.95 bits per heavy atom. The lowest BCUT2D eigenvalue weighted by atomic mass is 10.1. The van der Waals surface area contributed by atoms with E-state index in [-0.39, 0.29) is 12.3 Å². The van der Waals surface area contributed by atoms with E-state index < -0.39 is 5.76 Å². The van der Waals surface area contributed by atoms with E-state index in [9.17, 15) is 9.59 Å². The molecule has 4 nitrogen and oxygen atoms in total. The minimum absolute atomic E-state index is 0.0851. The second kappa shape index (κ2) is 5.63. The molecule has 112 valence electrons. The second-order valence-electron chi connectivity index (χ2n) is 4.93. The van der Waals surface area contributed by atoms with Crippen molar-refractivity contribution in [1.82, 2.24) is 4.57 Å². The van der Waals surface area contributed by atoms with Crippen LogP contribution >= 0.6 is 23.2 Å². The van der Waals surface area contributed by atoms with Crippen molar-refractivity contribution in [2.75, 3.05) is 0 Å². The zero-order valence-electron chi connectivity index (χ0n) is 11.6. The summed E-state index contributed by atoms with van der Waals surface area (Å²) in [5.74, 6) is -0.584. The van der Waals surface area contributed by atoms with Crippen molar-refractivity contribution in [1.29, 1.82) is 0 Å². The van der Waals surface area contributed by atoms with Crippen LogP contribution in [-0.2, 0) is 6.54 Å². The van der Waals surface area contributed by atoms with Gasteiger partial charge in [0.1, 0.15) is 0 Å². The predicted molar refractivity (Wildman–Crippen MR) is 86.0 cm³/mol. The molecular weight excluding hydrogens is 325 g/mol. The molecule has 0 aliphatic carbocycles. The molecule has 0 unspecified atom stereocenters. The third-order valence-electron chi connectivity index (χ3n) is 3.42. The van der Waals surface area contributed by atoms with Crippen LogP contribution in [0, 0.1) is 0 Å². The highest BCUT2D eigenvalue weighted by atomic mass is 35.5. The number of nitrogens with zero attached hydrogens (tertiary/aromatic N) is 1. The summed E-state index contributed by atoms with van der Waals surface area (Å²) in [7, 11) is 0. The van der Waals surface area contributed by atoms with E-state index in [1.54, 1.807) is 36.4 Å². The molecule has 6 heteroatoms. The van der Waals surface area contributed by atoms with Crippen molar-refractivity contribution >= 4 is 40.1 Å². The van der Waals surface area contributed by atoms with Gasteiger partial charge in [0.2, 0.25) is 0 Å². The highest BCUT2D eigenvalue weighted by molar-refractivity contribution is 6.35. The molecule has 0 radical (unpaired) electrons. The minimum Gasteiger partial charge on any atom is -0.408 e. The molecule has 0 saturated carbocycles. The maximum atomic E-state index is 12.0. The Kier molecular flexibility index (Phi) is 3.81. The first-order valence-corrected chi connectivity index (χ1v) is 7.29. The summed E-state index contributed by atoms with van der Waals surface area (Å²) < 4.78 is 6.68. The van der Waals surface area contributed by atoms with Gasteiger partial charge in [-0.1, -0.05) is 29.3 Å². The van der Waals surface area contributed by atoms with E-state index in [4.69, 9.17) is 27.6 Å². The first-order chi connectivity index (χ1) is 10.5. The molecule has 1 heterocycles. The highest BCUT2D eigenvalue weighted by Crippen LogP contribution is 2.23. The van der Waals surface area contributed by atoms with Crippen LogP contribution in [0.5, 0.6) is 0 Å². The number of oxazole rings is 1. The summed E-state index contributed by atoms with van der Waals surface area (Å²) in [6.07, 6.45) is 0. The Labute approximate surface area is 135 Å². The number of hydrogen-bond donors (Lipinski definition) is 0. The van der Waals surface area contributed by atoms with Crippen LogP contribution in [-0.4, -0.2) is 10.4 Å². The van der Waals surface area contributed by atoms with Crippen molar-refractivity contribution < 1.29 is 9.21 Å². The fourth-order valence-electron chi connectivity index (χ4n) is 2.26.